The Morgan fingerprint density at radius 1 is 1.12 bits per heavy atom. The second-order valence-corrected chi connectivity index (χ2v) is 3.50. The van der Waals surface area contributed by atoms with E-state index in [1.165, 1.54) is 0 Å². The van der Waals surface area contributed by atoms with Gasteiger partial charge >= 0.3 is 0 Å². The molecule has 0 saturated heterocycles. The van der Waals surface area contributed by atoms with Crippen molar-refractivity contribution in [3.05, 3.63) is 43.0 Å². The molecule has 1 aliphatic heterocycles. The van der Waals surface area contributed by atoms with Crippen LogP contribution in [0.5, 0.6) is 0 Å². The molecule has 0 fully saturated rings. The summed E-state index contributed by atoms with van der Waals surface area (Å²) in [7, 11) is 0. The van der Waals surface area contributed by atoms with Crippen molar-refractivity contribution in [1.29, 1.82) is 0 Å². The molecule has 0 radical (unpaired) electrons. The molecule has 2 heterocycles. The van der Waals surface area contributed by atoms with E-state index in [4.69, 9.17) is 0 Å². The zero-order valence-corrected chi connectivity index (χ0v) is 8.61. The van der Waals surface area contributed by atoms with Crippen LogP contribution < -0.4 is 10.4 Å². The van der Waals surface area contributed by atoms with Gasteiger partial charge in [0.1, 0.15) is 13.0 Å². The Morgan fingerprint density at radius 2 is 1.94 bits per heavy atom. The smallest absolute Gasteiger partial charge is 0.131 e. The number of hydrogen-bond acceptors (Lipinski definition) is 4. The van der Waals surface area contributed by atoms with E-state index >= 15 is 0 Å². The van der Waals surface area contributed by atoms with Crippen molar-refractivity contribution in [1.82, 2.24) is 15.0 Å². The molecule has 2 aromatic rings. The number of hydrazine groups is 1. The lowest BCUT2D eigenvalue weighted by atomic mass is 10.3. The fourth-order valence-corrected chi connectivity index (χ4v) is 1.65. The lowest BCUT2D eigenvalue weighted by molar-refractivity contribution is 0.845. The summed E-state index contributed by atoms with van der Waals surface area (Å²) in [6, 6.07) is 8.21. The first-order chi connectivity index (χ1) is 7.93. The normalized spacial score (nSPS) is 14.1. The SMILES string of the molecule is C1=NCN(c2ccc(-n3ccnc3)cc2)N1. The Balaban J connectivity index is 1.85. The number of aliphatic imine (C=N–C) groups is 1. The zero-order valence-electron chi connectivity index (χ0n) is 8.61. The minimum atomic E-state index is 0.657. The number of rotatable bonds is 2. The third kappa shape index (κ3) is 1.52. The summed E-state index contributed by atoms with van der Waals surface area (Å²) in [6.45, 7) is 0.657. The summed E-state index contributed by atoms with van der Waals surface area (Å²) in [5.74, 6) is 0. The summed E-state index contributed by atoms with van der Waals surface area (Å²) in [5, 5.41) is 1.97. The van der Waals surface area contributed by atoms with Gasteiger partial charge in [0.05, 0.1) is 12.0 Å². The van der Waals surface area contributed by atoms with Crippen LogP contribution in [-0.4, -0.2) is 22.6 Å². The Morgan fingerprint density at radius 3 is 2.56 bits per heavy atom. The van der Waals surface area contributed by atoms with Crippen molar-refractivity contribution in [2.45, 2.75) is 0 Å². The standard InChI is InChI=1S/C11H11N5/c1-3-11(16-9-13-7-14-16)4-2-10(1)15-6-5-12-8-15/h1-8H,9H2,(H,13,14). The zero-order chi connectivity index (χ0) is 10.8. The van der Waals surface area contributed by atoms with Crippen molar-refractivity contribution < 1.29 is 0 Å². The van der Waals surface area contributed by atoms with Crippen LogP contribution in [0.1, 0.15) is 0 Å². The molecular formula is C11H11N5. The van der Waals surface area contributed by atoms with E-state index in [1.54, 1.807) is 18.9 Å². The number of nitrogens with zero attached hydrogens (tertiary/aromatic N) is 4. The Hall–Kier alpha value is -2.30. The molecule has 0 atom stereocenters. The molecule has 0 unspecified atom stereocenters. The van der Waals surface area contributed by atoms with E-state index in [0.29, 0.717) is 6.67 Å². The predicted octanol–water partition coefficient (Wildman–Crippen LogP) is 1.18. The molecule has 80 valence electrons. The molecule has 16 heavy (non-hydrogen) atoms. The molecule has 5 heteroatoms. The molecule has 1 aromatic heterocycles. The molecular weight excluding hydrogens is 202 g/mol. The van der Waals surface area contributed by atoms with Gasteiger partial charge in [-0.25, -0.2) is 4.98 Å². The Bertz CT molecular complexity index is 478. The van der Waals surface area contributed by atoms with Gasteiger partial charge in [-0.1, -0.05) is 0 Å². The highest BCUT2D eigenvalue weighted by molar-refractivity contribution is 5.64. The molecule has 0 aliphatic carbocycles. The lowest BCUT2D eigenvalue weighted by Gasteiger charge is -2.16. The largest absolute Gasteiger partial charge is 0.306 e. The van der Waals surface area contributed by atoms with Crippen LogP contribution in [0, 0.1) is 0 Å². The molecule has 1 aliphatic rings. The van der Waals surface area contributed by atoms with Crippen molar-refractivity contribution in [3.63, 3.8) is 0 Å². The van der Waals surface area contributed by atoms with Crippen molar-refractivity contribution in [2.75, 3.05) is 11.7 Å². The summed E-state index contributed by atoms with van der Waals surface area (Å²) in [6.07, 6.45) is 7.17. The van der Waals surface area contributed by atoms with Crippen molar-refractivity contribution >= 4 is 12.0 Å². The van der Waals surface area contributed by atoms with E-state index in [9.17, 15) is 0 Å². The third-order valence-electron chi connectivity index (χ3n) is 2.49. The Labute approximate surface area is 93.0 Å². The number of benzene rings is 1. The summed E-state index contributed by atoms with van der Waals surface area (Å²) >= 11 is 0. The van der Waals surface area contributed by atoms with Gasteiger partial charge in [0.2, 0.25) is 0 Å². The van der Waals surface area contributed by atoms with Gasteiger partial charge in [0.15, 0.2) is 0 Å². The minimum absolute atomic E-state index is 0.657. The molecule has 5 nitrogen and oxygen atoms in total. The quantitative estimate of drug-likeness (QED) is 0.814. The van der Waals surface area contributed by atoms with Crippen LogP contribution in [0.25, 0.3) is 5.69 Å². The van der Waals surface area contributed by atoms with Crippen LogP contribution in [0.15, 0.2) is 48.0 Å². The van der Waals surface area contributed by atoms with Gasteiger partial charge in [-0.05, 0) is 24.3 Å². The maximum atomic E-state index is 4.09. The summed E-state index contributed by atoms with van der Waals surface area (Å²) in [4.78, 5) is 8.11. The number of nitrogens with one attached hydrogen (secondary N) is 1. The maximum absolute atomic E-state index is 4.09. The topological polar surface area (TPSA) is 45.5 Å². The number of hydrogen-bond donors (Lipinski definition) is 1. The van der Waals surface area contributed by atoms with Crippen LogP contribution in [0.2, 0.25) is 0 Å². The van der Waals surface area contributed by atoms with Gasteiger partial charge < -0.3 is 4.57 Å². The molecule has 3 rings (SSSR count). The van der Waals surface area contributed by atoms with Crippen molar-refractivity contribution in [3.8, 4) is 5.69 Å². The van der Waals surface area contributed by atoms with Gasteiger partial charge in [-0.2, -0.15) is 0 Å². The third-order valence-corrected chi connectivity index (χ3v) is 2.49. The molecule has 0 bridgehead atoms. The lowest BCUT2D eigenvalue weighted by Crippen LogP contribution is -2.31. The average molecular weight is 213 g/mol. The van der Waals surface area contributed by atoms with E-state index in [1.807, 2.05) is 15.8 Å². The van der Waals surface area contributed by atoms with Gasteiger partial charge in [0, 0.05) is 18.1 Å². The fraction of sp³-hybridized carbons (Fsp3) is 0.0909. The van der Waals surface area contributed by atoms with Gasteiger partial charge in [-0.3, -0.25) is 15.4 Å². The second-order valence-electron chi connectivity index (χ2n) is 3.50. The van der Waals surface area contributed by atoms with Crippen LogP contribution in [-0.2, 0) is 0 Å². The van der Waals surface area contributed by atoms with Gasteiger partial charge in [-0.15, -0.1) is 0 Å². The Kier molecular flexibility index (Phi) is 2.07. The van der Waals surface area contributed by atoms with E-state index in [2.05, 4.69) is 39.7 Å². The van der Waals surface area contributed by atoms with E-state index in [-0.39, 0.29) is 0 Å². The maximum Gasteiger partial charge on any atom is 0.131 e. The molecule has 0 saturated carbocycles. The second kappa shape index (κ2) is 3.69. The number of anilines is 1. The van der Waals surface area contributed by atoms with E-state index in [0.717, 1.165) is 11.4 Å². The fourth-order valence-electron chi connectivity index (χ4n) is 1.65. The first-order valence-electron chi connectivity index (χ1n) is 5.04. The van der Waals surface area contributed by atoms with Crippen LogP contribution >= 0.6 is 0 Å². The molecule has 0 amide bonds. The van der Waals surface area contributed by atoms with Gasteiger partial charge in [0.25, 0.3) is 0 Å². The molecule has 0 spiro atoms. The first-order valence-corrected chi connectivity index (χ1v) is 5.04. The average Bonchev–Trinajstić information content (AvgIpc) is 3.03. The van der Waals surface area contributed by atoms with E-state index < -0.39 is 0 Å². The van der Waals surface area contributed by atoms with Crippen molar-refractivity contribution in [2.24, 2.45) is 4.99 Å². The minimum Gasteiger partial charge on any atom is -0.306 e. The molecule has 1 aromatic carbocycles. The highest BCUT2D eigenvalue weighted by Crippen LogP contribution is 2.16. The van der Waals surface area contributed by atoms with Crippen LogP contribution in [0.3, 0.4) is 0 Å². The number of imidazole rings is 1. The highest BCUT2D eigenvalue weighted by Gasteiger charge is 2.07. The number of aromatic nitrogens is 2. The first kappa shape index (κ1) is 8.96. The summed E-state index contributed by atoms with van der Waals surface area (Å²) < 4.78 is 1.97. The summed E-state index contributed by atoms with van der Waals surface area (Å²) in [5.41, 5.74) is 5.25. The molecule has 1 N–H and O–H groups in total. The van der Waals surface area contributed by atoms with Crippen LogP contribution in [0.4, 0.5) is 5.69 Å². The monoisotopic (exact) mass is 213 g/mol. The highest BCUT2D eigenvalue weighted by atomic mass is 15.6. The predicted molar refractivity (Wildman–Crippen MR) is 62.5 cm³/mol.